The van der Waals surface area contributed by atoms with Crippen LogP contribution < -0.4 is 0 Å². The number of nitrogens with one attached hydrogen (secondary N) is 1. The molecule has 1 N–H and O–H groups in total. The van der Waals surface area contributed by atoms with E-state index in [-0.39, 0.29) is 0 Å². The Morgan fingerprint density at radius 2 is 2.12 bits per heavy atom. The number of benzene rings is 1. The van der Waals surface area contributed by atoms with Crippen molar-refractivity contribution in [2.45, 2.75) is 13.8 Å². The molecule has 82 valence electrons. The molecule has 0 aliphatic rings. The molecule has 0 amide bonds. The fraction of sp³-hybridized carbons (Fsp3) is 0.167. The largest absolute Gasteiger partial charge is 0.330 e. The van der Waals surface area contributed by atoms with Gasteiger partial charge in [0.05, 0.1) is 0 Å². The highest BCUT2D eigenvalue weighted by molar-refractivity contribution is 9.10. The van der Waals surface area contributed by atoms with E-state index >= 15 is 0 Å². The van der Waals surface area contributed by atoms with E-state index in [0.29, 0.717) is 12.1 Å². The Morgan fingerprint density at radius 1 is 1.38 bits per heavy atom. The molecule has 0 fully saturated rings. The van der Waals surface area contributed by atoms with Gasteiger partial charge in [-0.3, -0.25) is 4.79 Å². The maximum atomic E-state index is 10.6. The van der Waals surface area contributed by atoms with E-state index in [9.17, 15) is 4.79 Å². The minimum Gasteiger partial charge on any atom is -0.330 e. The van der Waals surface area contributed by atoms with Crippen LogP contribution >= 0.6 is 15.9 Å². The van der Waals surface area contributed by atoms with Crippen molar-refractivity contribution in [2.75, 3.05) is 0 Å². The average molecular weight is 279 g/mol. The summed E-state index contributed by atoms with van der Waals surface area (Å²) >= 11 is 3.38. The van der Waals surface area contributed by atoms with Crippen LogP contribution in [-0.2, 0) is 0 Å². The van der Waals surface area contributed by atoms with Crippen LogP contribution in [0, 0.1) is 13.8 Å². The van der Waals surface area contributed by atoms with E-state index in [2.05, 4.69) is 38.0 Å². The number of hydrogen-bond acceptors (Lipinski definition) is 2. The minimum atomic E-state index is 0.336. The number of aryl methyl sites for hydroxylation is 2. The Bertz CT molecular complexity index is 546. The molecule has 0 unspecified atom stereocenters. The molecule has 16 heavy (non-hydrogen) atoms. The smallest absolute Gasteiger partial charge is 0.185 e. The maximum Gasteiger partial charge on any atom is 0.185 e. The van der Waals surface area contributed by atoms with E-state index in [0.717, 1.165) is 21.4 Å². The van der Waals surface area contributed by atoms with Crippen LogP contribution in [0.1, 0.15) is 21.7 Å². The van der Waals surface area contributed by atoms with Crippen LogP contribution in [0.25, 0.3) is 11.3 Å². The predicted octanol–water partition coefficient (Wildman–Crippen LogP) is 3.27. The number of imidazole rings is 1. The molecule has 1 heterocycles. The minimum absolute atomic E-state index is 0.336. The molecule has 2 aromatic rings. The normalized spacial score (nSPS) is 10.4. The summed E-state index contributed by atoms with van der Waals surface area (Å²) in [5.41, 5.74) is 4.12. The topological polar surface area (TPSA) is 45.8 Å². The first-order valence-corrected chi connectivity index (χ1v) is 5.69. The van der Waals surface area contributed by atoms with E-state index < -0.39 is 0 Å². The second kappa shape index (κ2) is 4.22. The van der Waals surface area contributed by atoms with Crippen molar-refractivity contribution >= 4 is 22.2 Å². The van der Waals surface area contributed by atoms with Crippen molar-refractivity contribution in [1.82, 2.24) is 9.97 Å². The lowest BCUT2D eigenvalue weighted by Gasteiger charge is -2.04. The molecule has 0 saturated carbocycles. The Labute approximate surface area is 102 Å². The van der Waals surface area contributed by atoms with Gasteiger partial charge in [-0.05, 0) is 41.4 Å². The SMILES string of the molecule is Cc1ccc(C)c(-c2nc(C=O)[nH]c2Br)c1. The van der Waals surface area contributed by atoms with Gasteiger partial charge >= 0.3 is 0 Å². The molecule has 0 spiro atoms. The molecule has 1 aromatic carbocycles. The summed E-state index contributed by atoms with van der Waals surface area (Å²) in [5, 5.41) is 0. The summed E-state index contributed by atoms with van der Waals surface area (Å²) in [6.07, 6.45) is 0.708. The standard InChI is InChI=1S/C12H11BrN2O/c1-7-3-4-8(2)9(5-7)11-12(13)15-10(6-16)14-11/h3-6H,1-2H3,(H,14,15). The Kier molecular flexibility index (Phi) is 2.92. The van der Waals surface area contributed by atoms with Crippen molar-refractivity contribution in [3.8, 4) is 11.3 Å². The van der Waals surface area contributed by atoms with Crippen LogP contribution in [0.3, 0.4) is 0 Å². The number of H-pyrrole nitrogens is 1. The number of hydrogen-bond donors (Lipinski definition) is 1. The number of aldehydes is 1. The number of aromatic amines is 1. The van der Waals surface area contributed by atoms with Gasteiger partial charge in [-0.15, -0.1) is 0 Å². The highest BCUT2D eigenvalue weighted by Gasteiger charge is 2.11. The van der Waals surface area contributed by atoms with E-state index in [1.54, 1.807) is 0 Å². The number of carbonyl (C=O) groups is 1. The highest BCUT2D eigenvalue weighted by Crippen LogP contribution is 2.29. The second-order valence-corrected chi connectivity index (χ2v) is 4.51. The zero-order valence-electron chi connectivity index (χ0n) is 9.04. The van der Waals surface area contributed by atoms with Gasteiger partial charge in [0.1, 0.15) is 10.3 Å². The van der Waals surface area contributed by atoms with Crippen LogP contribution in [0.15, 0.2) is 22.8 Å². The predicted molar refractivity (Wildman–Crippen MR) is 66.6 cm³/mol. The molecule has 3 nitrogen and oxygen atoms in total. The number of aromatic nitrogens is 2. The molecule has 0 saturated heterocycles. The number of nitrogens with zero attached hydrogens (tertiary/aromatic N) is 1. The highest BCUT2D eigenvalue weighted by atomic mass is 79.9. The van der Waals surface area contributed by atoms with Crippen molar-refractivity contribution in [2.24, 2.45) is 0 Å². The molecule has 0 bridgehead atoms. The lowest BCUT2D eigenvalue weighted by atomic mass is 10.0. The van der Waals surface area contributed by atoms with Gasteiger partial charge in [0.25, 0.3) is 0 Å². The quantitative estimate of drug-likeness (QED) is 0.857. The average Bonchev–Trinajstić information content (AvgIpc) is 2.63. The summed E-state index contributed by atoms with van der Waals surface area (Å²) in [6, 6.07) is 6.16. The first-order valence-electron chi connectivity index (χ1n) is 4.90. The van der Waals surface area contributed by atoms with Crippen molar-refractivity contribution in [3.63, 3.8) is 0 Å². The molecule has 4 heteroatoms. The molecule has 2 rings (SSSR count). The van der Waals surface area contributed by atoms with E-state index in [1.807, 2.05) is 19.9 Å². The lowest BCUT2D eigenvalue weighted by molar-refractivity contribution is 0.111. The monoisotopic (exact) mass is 278 g/mol. The molecule has 0 aliphatic carbocycles. The van der Waals surface area contributed by atoms with Gasteiger partial charge in [0, 0.05) is 5.56 Å². The molecule has 1 aromatic heterocycles. The van der Waals surface area contributed by atoms with Crippen molar-refractivity contribution < 1.29 is 4.79 Å². The summed E-state index contributed by atoms with van der Waals surface area (Å²) in [6.45, 7) is 4.06. The third kappa shape index (κ3) is 1.93. The van der Waals surface area contributed by atoms with Crippen LogP contribution in [-0.4, -0.2) is 16.3 Å². The van der Waals surface area contributed by atoms with Gasteiger partial charge in [0.2, 0.25) is 0 Å². The number of rotatable bonds is 2. The first kappa shape index (κ1) is 11.1. The third-order valence-corrected chi connectivity index (χ3v) is 3.01. The van der Waals surface area contributed by atoms with Gasteiger partial charge < -0.3 is 4.98 Å². The molecule has 0 aliphatic heterocycles. The zero-order valence-corrected chi connectivity index (χ0v) is 10.6. The van der Waals surface area contributed by atoms with Gasteiger partial charge in [-0.2, -0.15) is 0 Å². The number of carbonyl (C=O) groups excluding carboxylic acids is 1. The lowest BCUT2D eigenvalue weighted by Crippen LogP contribution is -1.86. The fourth-order valence-electron chi connectivity index (χ4n) is 1.59. The maximum absolute atomic E-state index is 10.6. The van der Waals surface area contributed by atoms with Gasteiger partial charge in [-0.25, -0.2) is 4.98 Å². The molecular formula is C12H11BrN2O. The van der Waals surface area contributed by atoms with Crippen molar-refractivity contribution in [3.05, 3.63) is 39.8 Å². The van der Waals surface area contributed by atoms with Crippen LogP contribution in [0.4, 0.5) is 0 Å². The Morgan fingerprint density at radius 3 is 2.75 bits per heavy atom. The summed E-state index contributed by atoms with van der Waals surface area (Å²) < 4.78 is 0.739. The van der Waals surface area contributed by atoms with Crippen LogP contribution in [0.2, 0.25) is 0 Å². The van der Waals surface area contributed by atoms with Crippen LogP contribution in [0.5, 0.6) is 0 Å². The third-order valence-electron chi connectivity index (χ3n) is 2.44. The van der Waals surface area contributed by atoms with Crippen molar-refractivity contribution in [1.29, 1.82) is 0 Å². The molecule has 0 radical (unpaired) electrons. The van der Waals surface area contributed by atoms with E-state index in [1.165, 1.54) is 5.56 Å². The summed E-state index contributed by atoms with van der Waals surface area (Å²) in [7, 11) is 0. The molecular weight excluding hydrogens is 268 g/mol. The zero-order chi connectivity index (χ0) is 11.7. The Hall–Kier alpha value is -1.42. The van der Waals surface area contributed by atoms with Gasteiger partial charge in [0.15, 0.2) is 12.1 Å². The van der Waals surface area contributed by atoms with Gasteiger partial charge in [-0.1, -0.05) is 17.7 Å². The second-order valence-electron chi connectivity index (χ2n) is 3.72. The van der Waals surface area contributed by atoms with E-state index in [4.69, 9.17) is 0 Å². The summed E-state index contributed by atoms with van der Waals surface area (Å²) in [5.74, 6) is 0.336. The molecule has 0 atom stereocenters. The summed E-state index contributed by atoms with van der Waals surface area (Å²) in [4.78, 5) is 17.7. The fourth-order valence-corrected chi connectivity index (χ4v) is 2.10. The number of halogens is 1. The first-order chi connectivity index (χ1) is 7.61. The Balaban J connectivity index is 2.61.